The number of carbonyl (C=O) groups is 1. The molecule has 1 aromatic carbocycles. The molecule has 2 N–H and O–H groups in total. The number of rotatable bonds is 5. The van der Waals surface area contributed by atoms with Gasteiger partial charge in [-0.15, -0.1) is 0 Å². The average Bonchev–Trinajstić information content (AvgIpc) is 2.98. The van der Waals surface area contributed by atoms with Crippen molar-refractivity contribution >= 4 is 17.2 Å². The van der Waals surface area contributed by atoms with Crippen LogP contribution in [-0.2, 0) is 0 Å². The van der Waals surface area contributed by atoms with Crippen molar-refractivity contribution in [2.24, 2.45) is 0 Å². The first-order chi connectivity index (χ1) is 9.63. The lowest BCUT2D eigenvalue weighted by atomic mass is 10.1. The van der Waals surface area contributed by atoms with E-state index in [0.29, 0.717) is 0 Å². The third-order valence-corrected chi connectivity index (χ3v) is 3.51. The monoisotopic (exact) mass is 295 g/mol. The van der Waals surface area contributed by atoms with Gasteiger partial charge in [0.1, 0.15) is 17.1 Å². The normalized spacial score (nSPS) is 11.9. The van der Waals surface area contributed by atoms with Gasteiger partial charge in [-0.1, -0.05) is 6.07 Å². The molecule has 0 aliphatic rings. The number of amides is 1. The topological polar surface area (TPSA) is 58.6 Å². The minimum Gasteiger partial charge on any atom is -0.496 e. The van der Waals surface area contributed by atoms with E-state index in [-0.39, 0.29) is 17.9 Å². The van der Waals surface area contributed by atoms with Gasteiger partial charge >= 0.3 is 0 Å². The van der Waals surface area contributed by atoms with E-state index in [2.05, 4.69) is 5.32 Å². The first-order valence-corrected chi connectivity index (χ1v) is 6.88. The van der Waals surface area contributed by atoms with Crippen LogP contribution < -0.4 is 10.1 Å². The van der Waals surface area contributed by atoms with Crippen molar-refractivity contribution in [3.05, 3.63) is 52.0 Å². The lowest BCUT2D eigenvalue weighted by Gasteiger charge is -2.13. The highest BCUT2D eigenvalue weighted by Crippen LogP contribution is 2.21. The van der Waals surface area contributed by atoms with Crippen LogP contribution in [-0.4, -0.2) is 24.7 Å². The van der Waals surface area contributed by atoms with Crippen molar-refractivity contribution in [1.82, 2.24) is 5.32 Å². The summed E-state index contributed by atoms with van der Waals surface area (Å²) in [5, 5.41) is 16.0. The number of benzene rings is 1. The Kier molecular flexibility index (Phi) is 4.70. The van der Waals surface area contributed by atoms with Crippen LogP contribution in [0.4, 0.5) is 4.39 Å². The number of hydrogen-bond donors (Lipinski definition) is 2. The number of hydrogen-bond acceptors (Lipinski definition) is 4. The summed E-state index contributed by atoms with van der Waals surface area (Å²) in [6, 6.07) is 5.93. The van der Waals surface area contributed by atoms with Gasteiger partial charge in [0.05, 0.1) is 13.2 Å². The summed E-state index contributed by atoms with van der Waals surface area (Å²) in [7, 11) is 1.37. The molecule has 0 spiro atoms. The van der Waals surface area contributed by atoms with Crippen LogP contribution in [0.1, 0.15) is 22.0 Å². The number of ether oxygens (including phenoxy) is 1. The molecule has 2 rings (SSSR count). The molecule has 1 amide bonds. The van der Waals surface area contributed by atoms with Gasteiger partial charge in [0.2, 0.25) is 0 Å². The molecule has 0 saturated heterocycles. The number of carbonyl (C=O) groups excluding carboxylic acids is 1. The molecule has 0 saturated carbocycles. The highest BCUT2D eigenvalue weighted by atomic mass is 32.1. The molecule has 20 heavy (non-hydrogen) atoms. The summed E-state index contributed by atoms with van der Waals surface area (Å²) in [6.07, 6.45) is -0.817. The molecule has 0 bridgehead atoms. The molecular formula is C14H14FNO3S. The molecule has 1 heterocycles. The Balaban J connectivity index is 2.06. The van der Waals surface area contributed by atoms with Crippen molar-refractivity contribution in [3.63, 3.8) is 0 Å². The SMILES string of the molecule is COc1cccc(F)c1C(=O)NCC(O)c1ccsc1. The van der Waals surface area contributed by atoms with E-state index in [1.54, 1.807) is 11.4 Å². The van der Waals surface area contributed by atoms with Crippen molar-refractivity contribution in [2.75, 3.05) is 13.7 Å². The van der Waals surface area contributed by atoms with Gasteiger partial charge in [0, 0.05) is 6.54 Å². The van der Waals surface area contributed by atoms with E-state index in [0.717, 1.165) is 5.56 Å². The van der Waals surface area contributed by atoms with Gasteiger partial charge in [0.25, 0.3) is 5.91 Å². The van der Waals surface area contributed by atoms with E-state index >= 15 is 0 Å². The van der Waals surface area contributed by atoms with E-state index < -0.39 is 17.8 Å². The van der Waals surface area contributed by atoms with Crippen LogP contribution in [0.25, 0.3) is 0 Å². The smallest absolute Gasteiger partial charge is 0.258 e. The Morgan fingerprint density at radius 2 is 2.30 bits per heavy atom. The molecule has 6 heteroatoms. The zero-order valence-corrected chi connectivity index (χ0v) is 11.6. The minimum absolute atomic E-state index is 0.00700. The fourth-order valence-corrected chi connectivity index (χ4v) is 2.46. The van der Waals surface area contributed by atoms with Gasteiger partial charge in [-0.05, 0) is 34.5 Å². The Hall–Kier alpha value is -1.92. The summed E-state index contributed by atoms with van der Waals surface area (Å²) in [5.74, 6) is -1.12. The van der Waals surface area contributed by atoms with Crippen LogP contribution in [0.5, 0.6) is 5.75 Å². The highest BCUT2D eigenvalue weighted by molar-refractivity contribution is 7.07. The molecule has 106 valence electrons. The second kappa shape index (κ2) is 6.49. The molecular weight excluding hydrogens is 281 g/mol. The third-order valence-electron chi connectivity index (χ3n) is 2.81. The van der Waals surface area contributed by atoms with E-state index in [1.165, 1.54) is 36.6 Å². The van der Waals surface area contributed by atoms with Gasteiger partial charge < -0.3 is 15.2 Å². The number of halogens is 1. The predicted octanol–water partition coefficient (Wildman–Crippen LogP) is 2.36. The van der Waals surface area contributed by atoms with Crippen LogP contribution in [0.2, 0.25) is 0 Å². The van der Waals surface area contributed by atoms with Crippen molar-refractivity contribution in [1.29, 1.82) is 0 Å². The number of nitrogens with one attached hydrogen (secondary N) is 1. The molecule has 1 aromatic heterocycles. The van der Waals surface area contributed by atoms with E-state index in [9.17, 15) is 14.3 Å². The second-order valence-electron chi connectivity index (χ2n) is 4.10. The standard InChI is InChI=1S/C14H14FNO3S/c1-19-12-4-2-3-10(15)13(12)14(18)16-7-11(17)9-5-6-20-8-9/h2-6,8,11,17H,7H2,1H3,(H,16,18). The maximum atomic E-state index is 13.7. The lowest BCUT2D eigenvalue weighted by Crippen LogP contribution is -2.29. The van der Waals surface area contributed by atoms with Crippen LogP contribution in [0, 0.1) is 5.82 Å². The molecule has 1 unspecified atom stereocenters. The predicted molar refractivity (Wildman–Crippen MR) is 74.6 cm³/mol. The zero-order valence-electron chi connectivity index (χ0n) is 10.8. The summed E-state index contributed by atoms with van der Waals surface area (Å²) in [4.78, 5) is 12.0. The molecule has 4 nitrogen and oxygen atoms in total. The number of aliphatic hydroxyl groups excluding tert-OH is 1. The summed E-state index contributed by atoms with van der Waals surface area (Å²) >= 11 is 1.45. The van der Waals surface area contributed by atoms with Gasteiger partial charge in [-0.25, -0.2) is 4.39 Å². The van der Waals surface area contributed by atoms with Gasteiger partial charge in [-0.2, -0.15) is 11.3 Å². The third kappa shape index (κ3) is 3.15. The van der Waals surface area contributed by atoms with Crippen molar-refractivity contribution in [3.8, 4) is 5.75 Å². The summed E-state index contributed by atoms with van der Waals surface area (Å²) < 4.78 is 18.6. The maximum absolute atomic E-state index is 13.7. The van der Waals surface area contributed by atoms with E-state index in [1.807, 2.05) is 5.38 Å². The molecule has 2 aromatic rings. The Bertz CT molecular complexity index is 586. The molecule has 0 radical (unpaired) electrons. The fourth-order valence-electron chi connectivity index (χ4n) is 1.76. The van der Waals surface area contributed by atoms with Crippen LogP contribution in [0.3, 0.4) is 0 Å². The number of methoxy groups -OCH3 is 1. The van der Waals surface area contributed by atoms with Gasteiger partial charge in [-0.3, -0.25) is 4.79 Å². The minimum atomic E-state index is -0.817. The molecule has 0 aliphatic carbocycles. The number of thiophene rings is 1. The van der Waals surface area contributed by atoms with Crippen LogP contribution in [0.15, 0.2) is 35.0 Å². The van der Waals surface area contributed by atoms with Crippen molar-refractivity contribution in [2.45, 2.75) is 6.10 Å². The highest BCUT2D eigenvalue weighted by Gasteiger charge is 2.18. The molecule has 0 fully saturated rings. The van der Waals surface area contributed by atoms with E-state index in [4.69, 9.17) is 4.74 Å². The molecule has 1 atom stereocenters. The Morgan fingerprint density at radius 3 is 2.95 bits per heavy atom. The first-order valence-electron chi connectivity index (χ1n) is 5.94. The Labute approximate surface area is 119 Å². The first kappa shape index (κ1) is 14.5. The van der Waals surface area contributed by atoms with Crippen LogP contribution >= 0.6 is 11.3 Å². The van der Waals surface area contributed by atoms with Crippen molar-refractivity contribution < 1.29 is 19.0 Å². The maximum Gasteiger partial charge on any atom is 0.258 e. The average molecular weight is 295 g/mol. The zero-order chi connectivity index (χ0) is 14.5. The van der Waals surface area contributed by atoms with Gasteiger partial charge in [0.15, 0.2) is 0 Å². The Morgan fingerprint density at radius 1 is 1.50 bits per heavy atom. The number of aliphatic hydroxyl groups is 1. The fraction of sp³-hybridized carbons (Fsp3) is 0.214. The largest absolute Gasteiger partial charge is 0.496 e. The second-order valence-corrected chi connectivity index (χ2v) is 4.88. The molecule has 0 aliphatic heterocycles. The quantitative estimate of drug-likeness (QED) is 0.890. The summed E-state index contributed by atoms with van der Waals surface area (Å²) in [5.41, 5.74) is 0.559. The summed E-state index contributed by atoms with van der Waals surface area (Å²) in [6.45, 7) is 0.00700. The lowest BCUT2D eigenvalue weighted by molar-refractivity contribution is 0.0909.